The molecule has 2 heterocycles. The summed E-state index contributed by atoms with van der Waals surface area (Å²) < 4.78 is 5.46. The second-order valence-corrected chi connectivity index (χ2v) is 7.55. The summed E-state index contributed by atoms with van der Waals surface area (Å²) in [7, 11) is 0. The fourth-order valence-electron chi connectivity index (χ4n) is 3.71. The molecule has 0 bridgehead atoms. The van der Waals surface area contributed by atoms with Gasteiger partial charge in [-0.3, -0.25) is 9.78 Å². The maximum atomic E-state index is 11.9. The van der Waals surface area contributed by atoms with Crippen LogP contribution in [0.2, 0.25) is 0 Å². The van der Waals surface area contributed by atoms with Crippen LogP contribution in [0.25, 0.3) is 11.1 Å². The van der Waals surface area contributed by atoms with E-state index in [4.69, 9.17) is 4.74 Å². The van der Waals surface area contributed by atoms with Gasteiger partial charge in [-0.2, -0.15) is 0 Å². The number of aliphatic hydroxyl groups excluding tert-OH is 5. The van der Waals surface area contributed by atoms with E-state index in [-0.39, 0.29) is 5.78 Å². The lowest BCUT2D eigenvalue weighted by molar-refractivity contribution is -0.250. The van der Waals surface area contributed by atoms with Gasteiger partial charge in [-0.1, -0.05) is 25.1 Å². The Hall–Kier alpha value is -2.20. The molecule has 0 saturated carbocycles. The highest BCUT2D eigenvalue weighted by Gasteiger charge is 2.46. The third kappa shape index (κ3) is 4.29. The lowest BCUT2D eigenvalue weighted by Gasteiger charge is -2.42. The molecule has 5 N–H and O–H groups in total. The molecule has 30 heavy (non-hydrogen) atoms. The van der Waals surface area contributed by atoms with Crippen molar-refractivity contribution >= 4 is 5.78 Å². The van der Waals surface area contributed by atoms with Crippen LogP contribution < -0.4 is 0 Å². The zero-order valence-corrected chi connectivity index (χ0v) is 16.8. The Balaban J connectivity index is 1.87. The first-order valence-corrected chi connectivity index (χ1v) is 9.86. The van der Waals surface area contributed by atoms with Gasteiger partial charge in [0.05, 0.1) is 6.61 Å². The fraction of sp³-hybridized carbons (Fsp3) is 0.455. The first-order valence-electron chi connectivity index (χ1n) is 9.86. The number of carbonyl (C=O) groups excluding carboxylic acids is 1. The minimum Gasteiger partial charge on any atom is -0.394 e. The Morgan fingerprint density at radius 1 is 1.10 bits per heavy atom. The van der Waals surface area contributed by atoms with Gasteiger partial charge in [0.15, 0.2) is 5.78 Å². The maximum absolute atomic E-state index is 11.9. The Morgan fingerprint density at radius 3 is 2.47 bits per heavy atom. The minimum absolute atomic E-state index is 0.00395. The molecule has 1 aliphatic rings. The van der Waals surface area contributed by atoms with E-state index >= 15 is 0 Å². The van der Waals surface area contributed by atoms with E-state index < -0.39 is 43.2 Å². The summed E-state index contributed by atoms with van der Waals surface area (Å²) in [6.45, 7) is 3.00. The monoisotopic (exact) mass is 417 g/mol. The third-order valence-corrected chi connectivity index (χ3v) is 5.54. The number of hydrogen-bond acceptors (Lipinski definition) is 8. The molecule has 1 saturated heterocycles. The Bertz CT molecular complexity index is 901. The van der Waals surface area contributed by atoms with E-state index in [1.807, 2.05) is 6.07 Å². The average molecular weight is 417 g/mol. The zero-order chi connectivity index (χ0) is 22.0. The summed E-state index contributed by atoms with van der Waals surface area (Å²) in [5, 5.41) is 50.3. The molecule has 6 atom stereocenters. The average Bonchev–Trinajstić information content (AvgIpc) is 2.76. The van der Waals surface area contributed by atoms with Crippen LogP contribution in [-0.2, 0) is 4.74 Å². The second kappa shape index (κ2) is 9.30. The molecule has 8 nitrogen and oxygen atoms in total. The van der Waals surface area contributed by atoms with Crippen molar-refractivity contribution in [1.29, 1.82) is 0 Å². The number of aryl methyl sites for hydroxylation is 1. The smallest absolute Gasteiger partial charge is 0.164 e. The van der Waals surface area contributed by atoms with Crippen LogP contribution in [0.3, 0.4) is 0 Å². The molecule has 8 heteroatoms. The highest BCUT2D eigenvalue weighted by atomic mass is 16.6. The van der Waals surface area contributed by atoms with Gasteiger partial charge in [0.1, 0.15) is 36.6 Å². The number of ether oxygens (including phenoxy) is 1. The lowest BCUT2D eigenvalue weighted by Crippen LogP contribution is -2.59. The standard InChI is InChI=1S/C22H27NO7/c1-3-16(25)14-7-13(8-23-9-14)12-4-5-15(11(2)6-12)18(26)22-21(29)20(28)19(27)17(10-24)30-22/h4-9,17-22,24,26-29H,3,10H2,1-2H3/t17?,18-,19-,20+,21?,22-/m1/s1. The Kier molecular flexibility index (Phi) is 6.97. The van der Waals surface area contributed by atoms with Crippen molar-refractivity contribution in [3.05, 3.63) is 53.3 Å². The zero-order valence-electron chi connectivity index (χ0n) is 16.8. The van der Waals surface area contributed by atoms with Gasteiger partial charge < -0.3 is 30.3 Å². The van der Waals surface area contributed by atoms with Gasteiger partial charge >= 0.3 is 0 Å². The molecule has 162 valence electrons. The number of rotatable bonds is 6. The van der Waals surface area contributed by atoms with Crippen molar-refractivity contribution in [1.82, 2.24) is 4.98 Å². The highest BCUT2D eigenvalue weighted by Crippen LogP contribution is 2.33. The second-order valence-electron chi connectivity index (χ2n) is 7.55. The van der Waals surface area contributed by atoms with E-state index in [0.717, 1.165) is 11.1 Å². The van der Waals surface area contributed by atoms with Crippen LogP contribution in [0.4, 0.5) is 0 Å². The van der Waals surface area contributed by atoms with Gasteiger partial charge in [0.2, 0.25) is 0 Å². The van der Waals surface area contributed by atoms with Crippen molar-refractivity contribution in [2.45, 2.75) is 56.9 Å². The van der Waals surface area contributed by atoms with E-state index in [2.05, 4.69) is 4.98 Å². The van der Waals surface area contributed by atoms with Crippen LogP contribution in [0, 0.1) is 6.92 Å². The van der Waals surface area contributed by atoms with Gasteiger partial charge in [0, 0.05) is 29.9 Å². The third-order valence-electron chi connectivity index (χ3n) is 5.54. The molecule has 3 rings (SSSR count). The molecule has 1 fully saturated rings. The van der Waals surface area contributed by atoms with Gasteiger partial charge in [-0.05, 0) is 29.7 Å². The molecule has 0 amide bonds. The van der Waals surface area contributed by atoms with E-state index in [1.165, 1.54) is 6.20 Å². The van der Waals surface area contributed by atoms with Crippen LogP contribution >= 0.6 is 0 Å². The summed E-state index contributed by atoms with van der Waals surface area (Å²) in [4.78, 5) is 16.1. The minimum atomic E-state index is -1.56. The number of aromatic nitrogens is 1. The Labute approximate surface area is 174 Å². The normalized spacial score (nSPS) is 27.6. The van der Waals surface area contributed by atoms with E-state index in [0.29, 0.717) is 23.1 Å². The largest absolute Gasteiger partial charge is 0.394 e. The Morgan fingerprint density at radius 2 is 1.83 bits per heavy atom. The molecule has 0 radical (unpaired) electrons. The number of ketones is 1. The molecular weight excluding hydrogens is 390 g/mol. The topological polar surface area (TPSA) is 140 Å². The summed E-state index contributed by atoms with van der Waals surface area (Å²) in [5.41, 5.74) is 3.25. The molecule has 2 aromatic rings. The molecule has 1 aromatic carbocycles. The highest BCUT2D eigenvalue weighted by molar-refractivity contribution is 5.96. The van der Waals surface area contributed by atoms with Crippen molar-refractivity contribution in [3.8, 4) is 11.1 Å². The summed E-state index contributed by atoms with van der Waals surface area (Å²) in [6.07, 6.45) is -4.62. The number of benzene rings is 1. The molecule has 0 aliphatic carbocycles. The van der Waals surface area contributed by atoms with Gasteiger partial charge in [0.25, 0.3) is 0 Å². The lowest BCUT2D eigenvalue weighted by atomic mass is 9.88. The van der Waals surface area contributed by atoms with E-state index in [9.17, 15) is 30.3 Å². The fourth-order valence-corrected chi connectivity index (χ4v) is 3.71. The number of aliphatic hydroxyl groups is 5. The predicted octanol–water partition coefficient (Wildman–Crippen LogP) is 0.526. The number of pyridine rings is 1. The number of carbonyl (C=O) groups is 1. The first-order chi connectivity index (χ1) is 14.3. The first kappa shape index (κ1) is 22.5. The summed E-state index contributed by atoms with van der Waals surface area (Å²) >= 11 is 0. The predicted molar refractivity (Wildman–Crippen MR) is 108 cm³/mol. The molecule has 1 aliphatic heterocycles. The summed E-state index contributed by atoms with van der Waals surface area (Å²) in [6, 6.07) is 7.01. The summed E-state index contributed by atoms with van der Waals surface area (Å²) in [5.74, 6) is -0.00395. The number of hydrogen-bond donors (Lipinski definition) is 5. The molecule has 1 aromatic heterocycles. The SMILES string of the molecule is CCC(=O)c1cncc(-c2ccc([C@@H](O)[C@H]3OC(CO)[C@@H](O)[C@H](O)C3O)c(C)c2)c1. The molecule has 2 unspecified atom stereocenters. The van der Waals surface area contributed by atoms with Gasteiger partial charge in [-0.15, -0.1) is 0 Å². The van der Waals surface area contributed by atoms with Gasteiger partial charge in [-0.25, -0.2) is 0 Å². The van der Waals surface area contributed by atoms with Crippen LogP contribution in [0.5, 0.6) is 0 Å². The number of Topliss-reactive ketones (excluding diaryl/α,β-unsaturated/α-hetero) is 1. The maximum Gasteiger partial charge on any atom is 0.164 e. The van der Waals surface area contributed by atoms with Crippen molar-refractivity contribution in [3.63, 3.8) is 0 Å². The van der Waals surface area contributed by atoms with Crippen molar-refractivity contribution in [2.75, 3.05) is 6.61 Å². The van der Waals surface area contributed by atoms with Crippen LogP contribution in [0.15, 0.2) is 36.7 Å². The van der Waals surface area contributed by atoms with E-state index in [1.54, 1.807) is 38.2 Å². The van der Waals surface area contributed by atoms with Crippen LogP contribution in [0.1, 0.15) is 40.9 Å². The quantitative estimate of drug-likeness (QED) is 0.429. The van der Waals surface area contributed by atoms with Crippen molar-refractivity contribution in [2.24, 2.45) is 0 Å². The van der Waals surface area contributed by atoms with Crippen LogP contribution in [-0.4, -0.2) is 73.4 Å². The molecule has 0 spiro atoms. The number of nitrogens with zero attached hydrogens (tertiary/aromatic N) is 1. The molecular formula is C22H27NO7. The van der Waals surface area contributed by atoms with Crippen molar-refractivity contribution < 1.29 is 35.1 Å².